The third-order valence-corrected chi connectivity index (χ3v) is 1.75. The summed E-state index contributed by atoms with van der Waals surface area (Å²) in [6.45, 7) is -1.02. The second kappa shape index (κ2) is 15.0. The first-order valence-electron chi connectivity index (χ1n) is 3.44. The van der Waals surface area contributed by atoms with Crippen molar-refractivity contribution in [1.82, 2.24) is 0 Å². The predicted molar refractivity (Wildman–Crippen MR) is 44.9 cm³/mol. The first-order chi connectivity index (χ1) is 6.28. The van der Waals surface area contributed by atoms with Gasteiger partial charge in [-0.15, -0.1) is 0 Å². The molecule has 18 heavy (non-hydrogen) atoms. The zero-order chi connectivity index (χ0) is 11.4. The van der Waals surface area contributed by atoms with Crippen LogP contribution in [0.5, 0.6) is 0 Å². The van der Waals surface area contributed by atoms with Crippen LogP contribution in [0.2, 0.25) is 0 Å². The Balaban J connectivity index is -0.000000141. The van der Waals surface area contributed by atoms with Gasteiger partial charge in [-0.2, -0.15) is 0 Å². The van der Waals surface area contributed by atoms with Crippen LogP contribution in [0, 0.1) is 0 Å². The Kier molecular flexibility index (Phi) is 26.5. The van der Waals surface area contributed by atoms with Crippen molar-refractivity contribution in [2.75, 3.05) is 6.61 Å². The number of aliphatic hydroxyl groups is 3. The molecule has 0 rings (SSSR count). The molecule has 10 nitrogen and oxygen atoms in total. The number of aldehydes is 1. The smallest absolute Gasteiger partial charge is 0.790 e. The summed E-state index contributed by atoms with van der Waals surface area (Å²) < 4.78 is 13.5. The van der Waals surface area contributed by atoms with Crippen molar-refractivity contribution in [3.05, 3.63) is 0 Å². The van der Waals surface area contributed by atoms with E-state index in [1.807, 2.05) is 0 Å². The van der Waals surface area contributed by atoms with E-state index in [0.717, 1.165) is 0 Å². The monoisotopic (exact) mass is 310 g/mol. The summed E-state index contributed by atoms with van der Waals surface area (Å²) in [7, 11) is -5.24. The summed E-state index contributed by atoms with van der Waals surface area (Å²) in [4.78, 5) is 29.8. The molecule has 0 spiro atoms. The normalized spacial score (nSPS) is 14.5. The van der Waals surface area contributed by atoms with Crippen LogP contribution in [-0.2, 0) is 13.9 Å². The number of carbonyl (C=O) groups excluding carboxylic acids is 1. The van der Waals surface area contributed by atoms with Crippen molar-refractivity contribution < 1.29 is 109 Å². The number of hydrogen-bond donors (Lipinski definition) is 3. The molecule has 7 N–H and O–H groups in total. The van der Waals surface area contributed by atoms with E-state index >= 15 is 0 Å². The van der Waals surface area contributed by atoms with Crippen molar-refractivity contribution >= 4 is 14.1 Å². The molecule has 0 bridgehead atoms. The average molecular weight is 310 g/mol. The maximum Gasteiger partial charge on any atom is 1.00 e. The van der Waals surface area contributed by atoms with E-state index in [0.29, 0.717) is 0 Å². The Labute approximate surface area is 147 Å². The molecule has 13 heteroatoms. The molecule has 0 saturated heterocycles. The fraction of sp³-hybridized carbons (Fsp3) is 0.800. The van der Waals surface area contributed by atoms with Crippen molar-refractivity contribution in [2.45, 2.75) is 18.3 Å². The predicted octanol–water partition coefficient (Wildman–Crippen LogP) is -11.5. The van der Waals surface area contributed by atoms with Crippen LogP contribution < -0.4 is 68.9 Å². The van der Waals surface area contributed by atoms with Crippen molar-refractivity contribution in [3.63, 3.8) is 0 Å². The molecule has 3 atom stereocenters. The summed E-state index contributed by atoms with van der Waals surface area (Å²) in [6, 6.07) is 0. The van der Waals surface area contributed by atoms with Gasteiger partial charge in [0.25, 0.3) is 0 Å². The number of aliphatic hydroxyl groups excluding tert-OH is 3. The van der Waals surface area contributed by atoms with Gasteiger partial charge in [0.05, 0.1) is 14.4 Å². The minimum absolute atomic E-state index is 0. The Hall–Kier alpha value is 1.58. The molecule has 0 heterocycles. The van der Waals surface area contributed by atoms with E-state index in [9.17, 15) is 19.1 Å². The molecule has 0 aromatic rings. The van der Waals surface area contributed by atoms with Gasteiger partial charge in [0.15, 0.2) is 6.29 Å². The maximum atomic E-state index is 9.92. The minimum atomic E-state index is -5.24. The maximum absolute atomic E-state index is 9.92. The van der Waals surface area contributed by atoms with Gasteiger partial charge in [0, 0.05) is 0 Å². The first kappa shape index (κ1) is 31.8. The number of rotatable bonds is 6. The molecule has 0 amide bonds. The molecule has 0 aliphatic rings. The average Bonchev–Trinajstić information content (AvgIpc) is 2.10. The molecular formula is C5H13Na2O10P. The summed E-state index contributed by atoms with van der Waals surface area (Å²) in [5.41, 5.74) is 0. The fourth-order valence-electron chi connectivity index (χ4n) is 0.574. The molecule has 0 aromatic carbocycles. The van der Waals surface area contributed by atoms with E-state index in [1.54, 1.807) is 0 Å². The van der Waals surface area contributed by atoms with Crippen molar-refractivity contribution in [2.24, 2.45) is 0 Å². The van der Waals surface area contributed by atoms with Gasteiger partial charge in [-0.25, -0.2) is 0 Å². The SMILES string of the molecule is O.O.O=CC(O)C(O)C(O)COP(=O)([O-])[O-].[Na+].[Na+]. The molecule has 0 saturated carbocycles. The van der Waals surface area contributed by atoms with Crippen molar-refractivity contribution in [1.29, 1.82) is 0 Å². The van der Waals surface area contributed by atoms with E-state index in [2.05, 4.69) is 4.52 Å². The van der Waals surface area contributed by atoms with Gasteiger partial charge in [0.2, 0.25) is 0 Å². The number of hydrogen-bond acceptors (Lipinski definition) is 8. The molecule has 100 valence electrons. The molecule has 0 aliphatic heterocycles. The Bertz CT molecular complexity index is 234. The number of phosphoric acid groups is 1. The molecule has 0 aromatic heterocycles. The molecule has 0 radical (unpaired) electrons. The Morgan fingerprint density at radius 2 is 1.56 bits per heavy atom. The van der Waals surface area contributed by atoms with Crippen LogP contribution in [0.4, 0.5) is 0 Å². The second-order valence-electron chi connectivity index (χ2n) is 2.43. The third kappa shape index (κ3) is 15.6. The molecular weight excluding hydrogens is 297 g/mol. The minimum Gasteiger partial charge on any atom is -0.790 e. The van der Waals surface area contributed by atoms with Crippen LogP contribution in [-0.4, -0.2) is 57.5 Å². The van der Waals surface area contributed by atoms with Crippen LogP contribution >= 0.6 is 7.82 Å². The van der Waals surface area contributed by atoms with Crippen LogP contribution in [0.15, 0.2) is 0 Å². The second-order valence-corrected chi connectivity index (χ2v) is 3.58. The van der Waals surface area contributed by atoms with E-state index in [4.69, 9.17) is 15.3 Å². The van der Waals surface area contributed by atoms with Gasteiger partial charge in [-0.05, 0) is 0 Å². The van der Waals surface area contributed by atoms with Crippen molar-refractivity contribution in [3.8, 4) is 0 Å². The Morgan fingerprint density at radius 1 is 1.17 bits per heavy atom. The van der Waals surface area contributed by atoms with Gasteiger partial charge < -0.3 is 49.9 Å². The zero-order valence-electron chi connectivity index (χ0n) is 9.85. The topological polar surface area (TPSA) is 213 Å². The van der Waals surface area contributed by atoms with E-state index in [-0.39, 0.29) is 76.4 Å². The summed E-state index contributed by atoms with van der Waals surface area (Å²) >= 11 is 0. The van der Waals surface area contributed by atoms with Crippen LogP contribution in [0.1, 0.15) is 0 Å². The number of phosphoric ester groups is 1. The summed E-state index contributed by atoms with van der Waals surface area (Å²) in [5.74, 6) is 0. The van der Waals surface area contributed by atoms with Crippen LogP contribution in [0.3, 0.4) is 0 Å². The zero-order valence-corrected chi connectivity index (χ0v) is 14.7. The Morgan fingerprint density at radius 3 is 1.83 bits per heavy atom. The summed E-state index contributed by atoms with van der Waals surface area (Å²) in [6.07, 6.45) is -5.67. The van der Waals surface area contributed by atoms with Crippen LogP contribution in [0.25, 0.3) is 0 Å². The number of carbonyl (C=O) groups is 1. The first-order valence-corrected chi connectivity index (χ1v) is 4.90. The molecule has 3 unspecified atom stereocenters. The van der Waals surface area contributed by atoms with E-state index in [1.165, 1.54) is 0 Å². The van der Waals surface area contributed by atoms with Gasteiger partial charge in [0.1, 0.15) is 18.3 Å². The largest absolute Gasteiger partial charge is 1.00 e. The molecule has 0 fully saturated rings. The summed E-state index contributed by atoms with van der Waals surface area (Å²) in [5, 5.41) is 26.4. The quantitative estimate of drug-likeness (QED) is 0.242. The molecule has 0 aliphatic carbocycles. The van der Waals surface area contributed by atoms with Gasteiger partial charge in [-0.3, -0.25) is 0 Å². The standard InChI is InChI=1S/C5H11O8P.2Na.2H2O/c6-1-3(7)5(9)4(8)2-13-14(10,11)12;;;;/h1,3-5,7-9H,2H2,(H2,10,11,12);;;2*1H2/q;2*+1;;/p-2. The van der Waals surface area contributed by atoms with Gasteiger partial charge >= 0.3 is 59.1 Å². The van der Waals surface area contributed by atoms with Gasteiger partial charge in [-0.1, -0.05) is 0 Å². The van der Waals surface area contributed by atoms with E-state index < -0.39 is 32.7 Å². The fourth-order valence-corrected chi connectivity index (χ4v) is 0.910. The third-order valence-electron chi connectivity index (χ3n) is 1.29.